The molecule has 0 aliphatic carbocycles. The highest BCUT2D eigenvalue weighted by molar-refractivity contribution is 4.56. The van der Waals surface area contributed by atoms with Gasteiger partial charge in [-0.05, 0) is 51.4 Å². The van der Waals surface area contributed by atoms with Crippen molar-refractivity contribution >= 4 is 0 Å². The van der Waals surface area contributed by atoms with Crippen LogP contribution in [-0.2, 0) is 0 Å². The van der Waals surface area contributed by atoms with Gasteiger partial charge in [0.15, 0.2) is 0 Å². The molecule has 284 valence electrons. The van der Waals surface area contributed by atoms with Crippen LogP contribution in [0.5, 0.6) is 0 Å². The summed E-state index contributed by atoms with van der Waals surface area (Å²) in [5.74, 6) is 0. The summed E-state index contributed by atoms with van der Waals surface area (Å²) < 4.78 is 1.48. The molecule has 0 N–H and O–H groups in total. The number of hydrogen-bond acceptors (Lipinski definition) is 0. The Balaban J connectivity index is 4.27. The molecule has 0 fully saturated rings. The lowest BCUT2D eigenvalue weighted by Gasteiger charge is -2.40. The molecule has 1 nitrogen and oxygen atoms in total. The van der Waals surface area contributed by atoms with Crippen molar-refractivity contribution in [1.82, 2.24) is 0 Å². The predicted molar refractivity (Wildman–Crippen MR) is 218 cm³/mol. The van der Waals surface area contributed by atoms with Crippen LogP contribution >= 0.6 is 0 Å². The first kappa shape index (κ1) is 47.0. The minimum atomic E-state index is 1.37. The summed E-state index contributed by atoms with van der Waals surface area (Å²) in [7, 11) is 0. The Kier molecular flexibility index (Phi) is 40.4. The zero-order valence-electron chi connectivity index (χ0n) is 34.1. The van der Waals surface area contributed by atoms with Gasteiger partial charge in [0, 0.05) is 0 Å². The molecule has 0 aromatic rings. The molecule has 0 aromatic carbocycles. The molecule has 0 spiro atoms. The molecule has 0 aliphatic heterocycles. The topological polar surface area (TPSA) is 0 Å². The lowest BCUT2D eigenvalue weighted by atomic mass is 10.0. The van der Waals surface area contributed by atoms with Gasteiger partial charge in [-0.3, -0.25) is 0 Å². The Labute approximate surface area is 301 Å². The van der Waals surface area contributed by atoms with Crippen LogP contribution in [0.4, 0.5) is 0 Å². The molecule has 0 atom stereocenters. The number of nitrogens with zero attached hydrogens (tertiary/aromatic N) is 1. The first-order valence-electron chi connectivity index (χ1n) is 23.1. The van der Waals surface area contributed by atoms with E-state index < -0.39 is 0 Å². The van der Waals surface area contributed by atoms with Crippen molar-refractivity contribution in [1.29, 1.82) is 0 Å². The first-order chi connectivity index (χ1) is 23.2. The maximum absolute atomic E-state index is 2.35. The van der Waals surface area contributed by atoms with Crippen LogP contribution in [0, 0.1) is 0 Å². The third-order valence-electron chi connectivity index (χ3n) is 11.4. The second kappa shape index (κ2) is 40.4. The second-order valence-corrected chi connectivity index (χ2v) is 16.3. The zero-order chi connectivity index (χ0) is 34.2. The molecule has 0 aliphatic rings. The van der Waals surface area contributed by atoms with Crippen LogP contribution in [-0.4, -0.2) is 30.7 Å². The number of rotatable bonds is 42. The summed E-state index contributed by atoms with van der Waals surface area (Å²) in [6.45, 7) is 15.3. The molecular formula is C46H96N+. The van der Waals surface area contributed by atoms with E-state index in [0.29, 0.717) is 0 Å². The lowest BCUT2D eigenvalue weighted by molar-refractivity contribution is -0.929. The first-order valence-corrected chi connectivity index (χ1v) is 23.1. The average Bonchev–Trinajstić information content (AvgIpc) is 3.08. The molecule has 0 unspecified atom stereocenters. The number of hydrogen-bond donors (Lipinski definition) is 0. The Morgan fingerprint density at radius 2 is 0.298 bits per heavy atom. The van der Waals surface area contributed by atoms with E-state index in [2.05, 4.69) is 27.7 Å². The van der Waals surface area contributed by atoms with Gasteiger partial charge in [-0.2, -0.15) is 0 Å². The molecular weight excluding hydrogens is 567 g/mol. The highest BCUT2D eigenvalue weighted by atomic mass is 15.3. The van der Waals surface area contributed by atoms with E-state index in [0.717, 1.165) is 0 Å². The molecule has 0 amide bonds. The van der Waals surface area contributed by atoms with Crippen molar-refractivity contribution in [3.05, 3.63) is 0 Å². The number of quaternary nitrogens is 1. The van der Waals surface area contributed by atoms with E-state index in [1.165, 1.54) is 275 Å². The van der Waals surface area contributed by atoms with Crippen molar-refractivity contribution in [2.45, 2.75) is 272 Å². The monoisotopic (exact) mass is 663 g/mol. The molecule has 1 heteroatoms. The van der Waals surface area contributed by atoms with E-state index in [1.54, 1.807) is 0 Å². The minimum Gasteiger partial charge on any atom is -0.324 e. The number of unbranched alkanes of at least 4 members (excludes halogenated alkanes) is 34. The maximum atomic E-state index is 2.35. The van der Waals surface area contributed by atoms with Crippen LogP contribution in [0.1, 0.15) is 272 Å². The fraction of sp³-hybridized carbons (Fsp3) is 1.00. The quantitative estimate of drug-likeness (QED) is 0.0451. The molecule has 0 heterocycles. The zero-order valence-corrected chi connectivity index (χ0v) is 34.1. The summed E-state index contributed by atoms with van der Waals surface area (Å²) >= 11 is 0. The highest BCUT2D eigenvalue weighted by Crippen LogP contribution is 2.21. The SMILES string of the molecule is CCCCCCCCCCCCCCCCCCCCCC[N+](CCCCCCCC)(CCCCCCCC)CCCCCCCC. The smallest absolute Gasteiger partial charge is 0.0786 e. The normalized spacial score (nSPS) is 12.0. The Morgan fingerprint density at radius 1 is 0.170 bits per heavy atom. The Bertz CT molecular complexity index is 500. The van der Waals surface area contributed by atoms with Gasteiger partial charge in [0.1, 0.15) is 0 Å². The highest BCUT2D eigenvalue weighted by Gasteiger charge is 2.25. The van der Waals surface area contributed by atoms with Crippen LogP contribution in [0.15, 0.2) is 0 Å². The minimum absolute atomic E-state index is 1.37. The van der Waals surface area contributed by atoms with Gasteiger partial charge in [-0.15, -0.1) is 0 Å². The molecule has 0 saturated carbocycles. The third-order valence-corrected chi connectivity index (χ3v) is 11.4. The predicted octanol–water partition coefficient (Wildman–Crippen LogP) is 16.7. The summed E-state index contributed by atoms with van der Waals surface area (Å²) in [4.78, 5) is 0. The molecule has 0 radical (unpaired) electrons. The van der Waals surface area contributed by atoms with Crippen molar-refractivity contribution in [3.8, 4) is 0 Å². The van der Waals surface area contributed by atoms with Gasteiger partial charge in [0.05, 0.1) is 26.2 Å². The average molecular weight is 663 g/mol. The van der Waals surface area contributed by atoms with Gasteiger partial charge in [-0.1, -0.05) is 220 Å². The standard InChI is InChI=1S/C46H96N/c1-5-9-13-17-21-22-23-24-25-26-27-28-29-30-31-32-33-34-38-42-46-47(43-39-35-18-14-10-6-2,44-40-36-19-15-11-7-3)45-41-37-20-16-12-8-4/h5-46H2,1-4H3/q+1. The Morgan fingerprint density at radius 3 is 0.447 bits per heavy atom. The van der Waals surface area contributed by atoms with Gasteiger partial charge < -0.3 is 4.48 Å². The molecule has 0 saturated heterocycles. The van der Waals surface area contributed by atoms with Crippen LogP contribution < -0.4 is 0 Å². The third kappa shape index (κ3) is 35.6. The van der Waals surface area contributed by atoms with Gasteiger partial charge in [0.2, 0.25) is 0 Å². The molecule has 0 rings (SSSR count). The lowest BCUT2D eigenvalue weighted by Crippen LogP contribution is -2.50. The van der Waals surface area contributed by atoms with Crippen LogP contribution in [0.3, 0.4) is 0 Å². The van der Waals surface area contributed by atoms with E-state index in [9.17, 15) is 0 Å². The maximum Gasteiger partial charge on any atom is 0.0786 e. The molecule has 0 aromatic heterocycles. The fourth-order valence-electron chi connectivity index (χ4n) is 8.06. The van der Waals surface area contributed by atoms with E-state index in [-0.39, 0.29) is 0 Å². The van der Waals surface area contributed by atoms with Crippen LogP contribution in [0.25, 0.3) is 0 Å². The van der Waals surface area contributed by atoms with Crippen molar-refractivity contribution in [2.24, 2.45) is 0 Å². The van der Waals surface area contributed by atoms with Gasteiger partial charge in [-0.25, -0.2) is 0 Å². The second-order valence-electron chi connectivity index (χ2n) is 16.3. The summed E-state index contributed by atoms with van der Waals surface area (Å²) in [5, 5.41) is 0. The largest absolute Gasteiger partial charge is 0.324 e. The fourth-order valence-corrected chi connectivity index (χ4v) is 8.06. The van der Waals surface area contributed by atoms with E-state index >= 15 is 0 Å². The summed E-state index contributed by atoms with van der Waals surface area (Å²) in [5.41, 5.74) is 0. The molecule has 0 bridgehead atoms. The van der Waals surface area contributed by atoms with Crippen molar-refractivity contribution in [3.63, 3.8) is 0 Å². The van der Waals surface area contributed by atoms with Crippen molar-refractivity contribution in [2.75, 3.05) is 26.2 Å². The van der Waals surface area contributed by atoms with E-state index in [4.69, 9.17) is 0 Å². The van der Waals surface area contributed by atoms with E-state index in [1.807, 2.05) is 0 Å². The van der Waals surface area contributed by atoms with Crippen LogP contribution in [0.2, 0.25) is 0 Å². The summed E-state index contributed by atoms with van der Waals surface area (Å²) in [6.07, 6.45) is 55.7. The molecule has 47 heavy (non-hydrogen) atoms. The van der Waals surface area contributed by atoms with Crippen molar-refractivity contribution < 1.29 is 4.48 Å². The van der Waals surface area contributed by atoms with Gasteiger partial charge >= 0.3 is 0 Å². The summed E-state index contributed by atoms with van der Waals surface area (Å²) in [6, 6.07) is 0. The van der Waals surface area contributed by atoms with Gasteiger partial charge in [0.25, 0.3) is 0 Å². The Hall–Kier alpha value is -0.0400.